The van der Waals surface area contributed by atoms with Gasteiger partial charge in [-0.1, -0.05) is 11.8 Å². The molecular formula is C14H14N4O3. The Hall–Kier alpha value is -2.85. The van der Waals surface area contributed by atoms with Crippen molar-refractivity contribution in [3.8, 4) is 17.6 Å². The molecule has 2 rings (SSSR count). The predicted molar refractivity (Wildman–Crippen MR) is 75.9 cm³/mol. The van der Waals surface area contributed by atoms with Crippen LogP contribution in [-0.2, 0) is 7.05 Å². The normalized spacial score (nSPS) is 9.67. The average molecular weight is 286 g/mol. The maximum atomic E-state index is 12.2. The molecule has 108 valence electrons. The highest BCUT2D eigenvalue weighted by atomic mass is 16.5. The van der Waals surface area contributed by atoms with Crippen LogP contribution in [0.2, 0.25) is 0 Å². The van der Waals surface area contributed by atoms with Gasteiger partial charge < -0.3 is 9.84 Å². The smallest absolute Gasteiger partial charge is 0.258 e. The molecule has 0 aliphatic carbocycles. The van der Waals surface area contributed by atoms with E-state index in [2.05, 4.69) is 27.2 Å². The van der Waals surface area contributed by atoms with Crippen LogP contribution in [0.4, 0.5) is 5.95 Å². The molecule has 21 heavy (non-hydrogen) atoms. The van der Waals surface area contributed by atoms with Crippen molar-refractivity contribution in [2.45, 2.75) is 0 Å². The van der Waals surface area contributed by atoms with E-state index in [1.54, 1.807) is 25.2 Å². The van der Waals surface area contributed by atoms with Gasteiger partial charge in [-0.25, -0.2) is 4.68 Å². The maximum absolute atomic E-state index is 12.2. The highest BCUT2D eigenvalue weighted by Gasteiger charge is 2.11. The van der Waals surface area contributed by atoms with Crippen molar-refractivity contribution in [1.29, 1.82) is 0 Å². The quantitative estimate of drug-likeness (QED) is 0.798. The Morgan fingerprint density at radius 2 is 2.33 bits per heavy atom. The molecule has 0 radical (unpaired) electrons. The Bertz CT molecular complexity index is 712. The van der Waals surface area contributed by atoms with Crippen LogP contribution < -0.4 is 10.1 Å². The molecule has 0 aliphatic rings. The highest BCUT2D eigenvalue weighted by Crippen LogP contribution is 2.19. The molecule has 0 spiro atoms. The fourth-order valence-corrected chi connectivity index (χ4v) is 1.66. The van der Waals surface area contributed by atoms with Crippen molar-refractivity contribution >= 4 is 11.9 Å². The van der Waals surface area contributed by atoms with Gasteiger partial charge in [0.25, 0.3) is 5.91 Å². The van der Waals surface area contributed by atoms with E-state index in [0.29, 0.717) is 22.8 Å². The second-order valence-electron chi connectivity index (χ2n) is 4.04. The van der Waals surface area contributed by atoms with Crippen molar-refractivity contribution in [2.24, 2.45) is 7.05 Å². The van der Waals surface area contributed by atoms with Gasteiger partial charge in [-0.2, -0.15) is 10.1 Å². The van der Waals surface area contributed by atoms with E-state index in [-0.39, 0.29) is 12.5 Å². The number of aliphatic hydroxyl groups is 1. The minimum Gasteiger partial charge on any atom is -0.495 e. The third kappa shape index (κ3) is 3.38. The number of carbonyl (C=O) groups excluding carboxylic acids is 1. The summed E-state index contributed by atoms with van der Waals surface area (Å²) in [5.74, 6) is 5.82. The predicted octanol–water partition coefficient (Wildman–Crippen LogP) is 0.420. The summed E-state index contributed by atoms with van der Waals surface area (Å²) in [6.07, 6.45) is 1.35. The SMILES string of the molecule is COc1ccc(C(=O)Nc2ncnn2C)cc1C#CCO. The number of rotatable bonds is 3. The molecule has 1 amide bonds. The molecule has 0 saturated heterocycles. The standard InChI is InChI=1S/C14H14N4O3/c1-18-14(15-9-16-18)17-13(20)11-5-6-12(21-2)10(8-11)4-3-7-19/h5-6,8-9,19H,7H2,1-2H3,(H,15,16,17,20). The van der Waals surface area contributed by atoms with E-state index < -0.39 is 0 Å². The molecule has 2 N–H and O–H groups in total. The lowest BCUT2D eigenvalue weighted by atomic mass is 10.1. The number of nitrogens with zero attached hydrogens (tertiary/aromatic N) is 3. The molecule has 0 atom stereocenters. The summed E-state index contributed by atoms with van der Waals surface area (Å²) in [7, 11) is 3.19. The fraction of sp³-hybridized carbons (Fsp3) is 0.214. The number of amides is 1. The first-order valence-electron chi connectivity index (χ1n) is 6.09. The van der Waals surface area contributed by atoms with Crippen molar-refractivity contribution in [3.05, 3.63) is 35.7 Å². The summed E-state index contributed by atoms with van der Waals surface area (Å²) in [6.45, 7) is -0.265. The zero-order valence-electron chi connectivity index (χ0n) is 11.6. The van der Waals surface area contributed by atoms with Crippen molar-refractivity contribution in [2.75, 3.05) is 19.0 Å². The first-order valence-corrected chi connectivity index (χ1v) is 6.09. The molecule has 7 nitrogen and oxygen atoms in total. The molecule has 0 saturated carbocycles. The van der Waals surface area contributed by atoms with Gasteiger partial charge >= 0.3 is 0 Å². The van der Waals surface area contributed by atoms with Crippen LogP contribution in [0.1, 0.15) is 15.9 Å². The van der Waals surface area contributed by atoms with Crippen LogP contribution in [0, 0.1) is 11.8 Å². The van der Waals surface area contributed by atoms with Gasteiger partial charge in [0.15, 0.2) is 0 Å². The molecule has 0 fully saturated rings. The van der Waals surface area contributed by atoms with Crippen LogP contribution in [0.15, 0.2) is 24.5 Å². The zero-order chi connectivity index (χ0) is 15.2. The lowest BCUT2D eigenvalue weighted by molar-refractivity contribution is 0.102. The van der Waals surface area contributed by atoms with E-state index in [1.165, 1.54) is 18.1 Å². The van der Waals surface area contributed by atoms with Gasteiger partial charge in [-0.3, -0.25) is 10.1 Å². The van der Waals surface area contributed by atoms with Crippen LogP contribution >= 0.6 is 0 Å². The summed E-state index contributed by atoms with van der Waals surface area (Å²) >= 11 is 0. The molecule has 0 bridgehead atoms. The monoisotopic (exact) mass is 286 g/mol. The third-order valence-electron chi connectivity index (χ3n) is 2.70. The van der Waals surface area contributed by atoms with E-state index in [1.807, 2.05) is 0 Å². The van der Waals surface area contributed by atoms with Crippen LogP contribution in [0.3, 0.4) is 0 Å². The van der Waals surface area contributed by atoms with Crippen LogP contribution in [0.5, 0.6) is 5.75 Å². The van der Waals surface area contributed by atoms with Gasteiger partial charge in [-0.05, 0) is 18.2 Å². The Morgan fingerprint density at radius 3 is 2.95 bits per heavy atom. The number of benzene rings is 1. The second-order valence-corrected chi connectivity index (χ2v) is 4.04. The van der Waals surface area contributed by atoms with Crippen LogP contribution in [-0.4, -0.2) is 39.5 Å². The largest absolute Gasteiger partial charge is 0.495 e. The number of hydrogen-bond acceptors (Lipinski definition) is 5. The van der Waals surface area contributed by atoms with Gasteiger partial charge in [0.1, 0.15) is 18.7 Å². The van der Waals surface area contributed by atoms with E-state index in [4.69, 9.17) is 9.84 Å². The van der Waals surface area contributed by atoms with Gasteiger partial charge in [-0.15, -0.1) is 0 Å². The van der Waals surface area contributed by atoms with E-state index >= 15 is 0 Å². The average Bonchev–Trinajstić information content (AvgIpc) is 2.90. The van der Waals surface area contributed by atoms with Crippen molar-refractivity contribution in [3.63, 3.8) is 0 Å². The Kier molecular flexibility index (Phi) is 4.53. The Morgan fingerprint density at radius 1 is 1.52 bits per heavy atom. The molecular weight excluding hydrogens is 272 g/mol. The lowest BCUT2D eigenvalue weighted by Gasteiger charge is -2.07. The first kappa shape index (κ1) is 14.6. The number of anilines is 1. The van der Waals surface area contributed by atoms with E-state index in [0.717, 1.165) is 0 Å². The van der Waals surface area contributed by atoms with E-state index in [9.17, 15) is 4.79 Å². The highest BCUT2D eigenvalue weighted by molar-refractivity contribution is 6.03. The number of ether oxygens (including phenoxy) is 1. The second kappa shape index (κ2) is 6.54. The summed E-state index contributed by atoms with van der Waals surface area (Å²) in [4.78, 5) is 16.1. The number of aryl methyl sites for hydroxylation is 1. The topological polar surface area (TPSA) is 89.3 Å². The summed E-state index contributed by atoms with van der Waals surface area (Å²) in [6, 6.07) is 4.86. The zero-order valence-corrected chi connectivity index (χ0v) is 11.6. The number of aromatic nitrogens is 3. The summed E-state index contributed by atoms with van der Waals surface area (Å²) < 4.78 is 6.61. The molecule has 2 aromatic rings. The summed E-state index contributed by atoms with van der Waals surface area (Å²) in [5.41, 5.74) is 0.929. The maximum Gasteiger partial charge on any atom is 0.258 e. The minimum atomic E-state index is -0.333. The molecule has 7 heteroatoms. The third-order valence-corrected chi connectivity index (χ3v) is 2.70. The molecule has 1 aromatic carbocycles. The number of hydrogen-bond donors (Lipinski definition) is 2. The van der Waals surface area contributed by atoms with Gasteiger partial charge in [0.05, 0.1) is 12.7 Å². The molecule has 0 unspecified atom stereocenters. The first-order chi connectivity index (χ1) is 10.2. The van der Waals surface area contributed by atoms with Crippen LogP contribution in [0.25, 0.3) is 0 Å². The lowest BCUT2D eigenvalue weighted by Crippen LogP contribution is -2.15. The van der Waals surface area contributed by atoms with Crippen molar-refractivity contribution in [1.82, 2.24) is 14.8 Å². The fourth-order valence-electron chi connectivity index (χ4n) is 1.66. The Balaban J connectivity index is 2.27. The Labute approximate surface area is 121 Å². The number of methoxy groups -OCH3 is 1. The number of carbonyl (C=O) groups is 1. The number of nitrogens with one attached hydrogen (secondary N) is 1. The molecule has 1 heterocycles. The number of aliphatic hydroxyl groups excluding tert-OH is 1. The summed E-state index contributed by atoms with van der Waals surface area (Å²) in [5, 5.41) is 15.3. The van der Waals surface area contributed by atoms with Crippen molar-refractivity contribution < 1.29 is 14.6 Å². The van der Waals surface area contributed by atoms with Gasteiger partial charge in [0.2, 0.25) is 5.95 Å². The molecule has 0 aliphatic heterocycles. The minimum absolute atomic E-state index is 0.265. The van der Waals surface area contributed by atoms with Gasteiger partial charge in [0, 0.05) is 12.6 Å². The molecule has 1 aromatic heterocycles.